The number of rotatable bonds is 3. The third-order valence-corrected chi connectivity index (χ3v) is 5.17. The van der Waals surface area contributed by atoms with Crippen LogP contribution in [-0.2, 0) is 6.42 Å². The van der Waals surface area contributed by atoms with Gasteiger partial charge in [0.2, 0.25) is 5.88 Å². The molecule has 0 saturated carbocycles. The van der Waals surface area contributed by atoms with Crippen molar-refractivity contribution in [2.75, 3.05) is 7.11 Å². The number of nitrogens with one attached hydrogen (secondary N) is 1. The Labute approximate surface area is 165 Å². The highest BCUT2D eigenvalue weighted by atomic mass is 79.9. The predicted octanol–water partition coefficient (Wildman–Crippen LogP) is 5.03. The van der Waals surface area contributed by atoms with Gasteiger partial charge in [-0.2, -0.15) is 4.98 Å². The summed E-state index contributed by atoms with van der Waals surface area (Å²) in [6.45, 7) is 4.29. The molecule has 0 aliphatic carbocycles. The molecule has 1 aliphatic rings. The first kappa shape index (κ1) is 17.8. The Hall–Kier alpha value is -2.60. The fourth-order valence-corrected chi connectivity index (χ4v) is 3.67. The average Bonchev–Trinajstić information content (AvgIpc) is 2.66. The van der Waals surface area contributed by atoms with E-state index in [0.717, 1.165) is 15.6 Å². The van der Waals surface area contributed by atoms with Gasteiger partial charge in [0.05, 0.1) is 12.7 Å². The van der Waals surface area contributed by atoms with E-state index in [2.05, 4.69) is 51.9 Å². The number of ether oxygens (including phenoxy) is 2. The smallest absolute Gasteiger partial charge is 0.258 e. The number of benzene rings is 2. The zero-order valence-electron chi connectivity index (χ0n) is 15.3. The molecule has 2 aromatic carbocycles. The summed E-state index contributed by atoms with van der Waals surface area (Å²) in [5, 5.41) is 0. The molecule has 0 unspecified atom stereocenters. The number of nitrogens with zero attached hydrogens (tertiary/aromatic N) is 1. The maximum absolute atomic E-state index is 12.7. The van der Waals surface area contributed by atoms with Crippen LogP contribution in [0.3, 0.4) is 0 Å². The maximum Gasteiger partial charge on any atom is 0.258 e. The zero-order chi connectivity index (χ0) is 19.1. The molecule has 0 atom stereocenters. The highest BCUT2D eigenvalue weighted by Crippen LogP contribution is 2.42. The largest absolute Gasteiger partial charge is 0.493 e. The van der Waals surface area contributed by atoms with Crippen LogP contribution >= 0.6 is 15.9 Å². The van der Waals surface area contributed by atoms with Gasteiger partial charge >= 0.3 is 0 Å². The van der Waals surface area contributed by atoms with Crippen molar-refractivity contribution in [1.29, 1.82) is 0 Å². The number of H-pyrrole nitrogens is 1. The van der Waals surface area contributed by atoms with Crippen molar-refractivity contribution in [3.05, 3.63) is 67.9 Å². The minimum atomic E-state index is -0.187. The standard InChI is InChI=1S/C21H19BrN2O3/c1-11(2)12-4-6-13(7-5-12)19-23-20(25)16-9-14-8-15(22)10-17(26-3)18(14)27-21(16)24-19/h4-8,10-11H,9H2,1-3H3,(H,23,24,25). The van der Waals surface area contributed by atoms with E-state index in [4.69, 9.17) is 9.47 Å². The van der Waals surface area contributed by atoms with Crippen LogP contribution in [0.25, 0.3) is 11.4 Å². The van der Waals surface area contributed by atoms with Crippen molar-refractivity contribution in [2.45, 2.75) is 26.2 Å². The van der Waals surface area contributed by atoms with Crippen LogP contribution in [0.5, 0.6) is 17.4 Å². The molecule has 6 heteroatoms. The van der Waals surface area contributed by atoms with E-state index in [1.807, 2.05) is 24.3 Å². The molecule has 0 amide bonds. The van der Waals surface area contributed by atoms with Crippen molar-refractivity contribution >= 4 is 15.9 Å². The zero-order valence-corrected chi connectivity index (χ0v) is 16.9. The van der Waals surface area contributed by atoms with Crippen molar-refractivity contribution < 1.29 is 9.47 Å². The van der Waals surface area contributed by atoms with Gasteiger partial charge in [-0.1, -0.05) is 54.0 Å². The summed E-state index contributed by atoms with van der Waals surface area (Å²) in [6, 6.07) is 11.8. The Morgan fingerprint density at radius 2 is 1.96 bits per heavy atom. The van der Waals surface area contributed by atoms with Crippen LogP contribution in [0.2, 0.25) is 0 Å². The van der Waals surface area contributed by atoms with Gasteiger partial charge in [0.25, 0.3) is 5.56 Å². The van der Waals surface area contributed by atoms with Crippen LogP contribution in [0, 0.1) is 0 Å². The molecular formula is C21H19BrN2O3. The van der Waals surface area contributed by atoms with Gasteiger partial charge in [0.1, 0.15) is 5.82 Å². The number of methoxy groups -OCH3 is 1. The molecule has 5 nitrogen and oxygen atoms in total. The van der Waals surface area contributed by atoms with Crippen molar-refractivity contribution in [2.24, 2.45) is 0 Å². The molecule has 0 saturated heterocycles. The summed E-state index contributed by atoms with van der Waals surface area (Å²) in [5.41, 5.74) is 3.30. The molecule has 2 heterocycles. The Bertz CT molecular complexity index is 1070. The summed E-state index contributed by atoms with van der Waals surface area (Å²) >= 11 is 3.46. The van der Waals surface area contributed by atoms with Crippen molar-refractivity contribution in [3.8, 4) is 28.8 Å². The predicted molar refractivity (Wildman–Crippen MR) is 108 cm³/mol. The molecule has 0 bridgehead atoms. The first-order chi connectivity index (χ1) is 13.0. The molecule has 27 heavy (non-hydrogen) atoms. The molecule has 0 fully saturated rings. The van der Waals surface area contributed by atoms with E-state index in [-0.39, 0.29) is 5.56 Å². The lowest BCUT2D eigenvalue weighted by atomic mass is 10.0. The minimum absolute atomic E-state index is 0.187. The molecule has 1 aliphatic heterocycles. The minimum Gasteiger partial charge on any atom is -0.493 e. The van der Waals surface area contributed by atoms with E-state index >= 15 is 0 Å². The van der Waals surface area contributed by atoms with Crippen molar-refractivity contribution in [3.63, 3.8) is 0 Å². The number of fused-ring (bicyclic) bond motifs is 2. The van der Waals surface area contributed by atoms with Crippen LogP contribution in [0.15, 0.2) is 45.7 Å². The van der Waals surface area contributed by atoms with Gasteiger partial charge in [-0.25, -0.2) is 0 Å². The SMILES string of the molecule is COc1cc(Br)cc2c1Oc1nc(-c3ccc(C(C)C)cc3)[nH]c(=O)c1C2. The Morgan fingerprint density at radius 1 is 1.22 bits per heavy atom. The monoisotopic (exact) mass is 426 g/mol. The fraction of sp³-hybridized carbons (Fsp3) is 0.238. The summed E-state index contributed by atoms with van der Waals surface area (Å²) in [5.74, 6) is 2.48. The number of halogens is 1. The topological polar surface area (TPSA) is 64.2 Å². The number of aromatic amines is 1. The average molecular weight is 427 g/mol. The normalized spacial score (nSPS) is 12.3. The number of hydrogen-bond donors (Lipinski definition) is 1. The second kappa shape index (κ2) is 6.85. The van der Waals surface area contributed by atoms with Gasteiger partial charge in [-0.3, -0.25) is 4.79 Å². The quantitative estimate of drug-likeness (QED) is 0.498. The molecule has 0 radical (unpaired) electrons. The Morgan fingerprint density at radius 3 is 2.63 bits per heavy atom. The number of aromatic nitrogens is 2. The lowest BCUT2D eigenvalue weighted by Gasteiger charge is -2.21. The molecular weight excluding hydrogens is 408 g/mol. The first-order valence-corrected chi connectivity index (χ1v) is 9.53. The number of hydrogen-bond acceptors (Lipinski definition) is 4. The van der Waals surface area contributed by atoms with E-state index in [0.29, 0.717) is 41.1 Å². The van der Waals surface area contributed by atoms with Gasteiger partial charge in [0, 0.05) is 22.0 Å². The van der Waals surface area contributed by atoms with Gasteiger partial charge < -0.3 is 14.5 Å². The first-order valence-electron chi connectivity index (χ1n) is 8.74. The van der Waals surface area contributed by atoms with Crippen LogP contribution in [0.1, 0.15) is 36.5 Å². The Balaban J connectivity index is 1.77. The van der Waals surface area contributed by atoms with Gasteiger partial charge in [0.15, 0.2) is 11.5 Å². The second-order valence-corrected chi connectivity index (χ2v) is 7.77. The summed E-state index contributed by atoms with van der Waals surface area (Å²) < 4.78 is 12.3. The highest BCUT2D eigenvalue weighted by Gasteiger charge is 2.25. The second-order valence-electron chi connectivity index (χ2n) is 6.85. The molecule has 138 valence electrons. The van der Waals surface area contributed by atoms with E-state index in [1.54, 1.807) is 7.11 Å². The van der Waals surface area contributed by atoms with E-state index in [9.17, 15) is 4.79 Å². The summed E-state index contributed by atoms with van der Waals surface area (Å²) in [7, 11) is 1.59. The fourth-order valence-electron chi connectivity index (χ4n) is 3.19. The lowest BCUT2D eigenvalue weighted by molar-refractivity contribution is 0.364. The van der Waals surface area contributed by atoms with Crippen LogP contribution < -0.4 is 15.0 Å². The lowest BCUT2D eigenvalue weighted by Crippen LogP contribution is -2.20. The summed E-state index contributed by atoms with van der Waals surface area (Å²) in [4.78, 5) is 20.1. The van der Waals surface area contributed by atoms with Crippen LogP contribution in [0.4, 0.5) is 0 Å². The maximum atomic E-state index is 12.7. The van der Waals surface area contributed by atoms with E-state index < -0.39 is 0 Å². The van der Waals surface area contributed by atoms with E-state index in [1.165, 1.54) is 5.56 Å². The van der Waals surface area contributed by atoms with Gasteiger partial charge in [-0.15, -0.1) is 0 Å². The van der Waals surface area contributed by atoms with Crippen LogP contribution in [-0.4, -0.2) is 17.1 Å². The molecule has 4 rings (SSSR count). The third kappa shape index (κ3) is 3.25. The third-order valence-electron chi connectivity index (χ3n) is 4.71. The molecule has 1 N–H and O–H groups in total. The molecule has 0 spiro atoms. The van der Waals surface area contributed by atoms with Gasteiger partial charge in [-0.05, 0) is 23.6 Å². The Kier molecular flexibility index (Phi) is 4.52. The molecule has 1 aromatic heterocycles. The van der Waals surface area contributed by atoms with Crippen molar-refractivity contribution in [1.82, 2.24) is 9.97 Å². The highest BCUT2D eigenvalue weighted by molar-refractivity contribution is 9.10. The molecule has 3 aromatic rings. The summed E-state index contributed by atoms with van der Waals surface area (Å²) in [6.07, 6.45) is 0.440.